The van der Waals surface area contributed by atoms with E-state index in [-0.39, 0.29) is 47.2 Å². The Labute approximate surface area is 260 Å². The number of nitrogens with one attached hydrogen (secondary N) is 3. The van der Waals surface area contributed by atoms with Crippen molar-refractivity contribution in [1.29, 1.82) is 0 Å². The van der Waals surface area contributed by atoms with Gasteiger partial charge in [-0.1, -0.05) is 0 Å². The predicted molar refractivity (Wildman–Crippen MR) is 171 cm³/mol. The Balaban J connectivity index is 0.00000384. The minimum absolute atomic E-state index is 0. The molecule has 44 heavy (non-hydrogen) atoms. The van der Waals surface area contributed by atoms with Gasteiger partial charge in [-0.25, -0.2) is 8.42 Å². The number of carbonyl (C=O) groups is 1. The van der Waals surface area contributed by atoms with E-state index in [1.807, 2.05) is 9.80 Å². The normalized spacial score (nSPS) is 19.4. The quantitative estimate of drug-likeness (QED) is 0.160. The molecular weight excluding hydrogens is 608 g/mol. The number of nitrogens with two attached hydrogens (primary N) is 3. The molecule has 234 valence electrons. The molecule has 2 aromatic carbocycles. The van der Waals surface area contributed by atoms with E-state index in [0.29, 0.717) is 68.7 Å². The highest BCUT2D eigenvalue weighted by atomic mass is 35.5. The molecule has 9 N–H and O–H groups in total. The molecule has 15 nitrogen and oxygen atoms in total. The first-order valence-corrected chi connectivity index (χ1v) is 15.5. The molecule has 0 radical (unpaired) electrons. The number of aromatic amines is 1. The number of hydrogen-bond acceptors (Lipinski definition) is 12. The maximum absolute atomic E-state index is 13.1. The van der Waals surface area contributed by atoms with Gasteiger partial charge in [0.25, 0.3) is 10.0 Å². The lowest BCUT2D eigenvalue weighted by molar-refractivity contribution is -0.122. The van der Waals surface area contributed by atoms with Gasteiger partial charge in [-0.2, -0.15) is 20.1 Å². The number of anilines is 5. The molecule has 6 rings (SSSR count). The van der Waals surface area contributed by atoms with Crippen LogP contribution in [0.3, 0.4) is 0 Å². The largest absolute Gasteiger partial charge is 0.369 e. The summed E-state index contributed by atoms with van der Waals surface area (Å²) in [4.78, 5) is 29.7. The van der Waals surface area contributed by atoms with Crippen LogP contribution in [-0.4, -0.2) is 77.7 Å². The van der Waals surface area contributed by atoms with E-state index in [4.69, 9.17) is 22.2 Å². The Bertz CT molecular complexity index is 1720. The third kappa shape index (κ3) is 6.93. The van der Waals surface area contributed by atoms with Gasteiger partial charge in [0.2, 0.25) is 23.8 Å². The van der Waals surface area contributed by atoms with Gasteiger partial charge in [-0.05, 0) is 61.7 Å². The van der Waals surface area contributed by atoms with Crippen molar-refractivity contribution in [3.05, 3.63) is 48.7 Å². The van der Waals surface area contributed by atoms with Crippen molar-refractivity contribution in [2.24, 2.45) is 23.1 Å². The molecule has 2 aliphatic heterocycles. The predicted octanol–water partition coefficient (Wildman–Crippen LogP) is 1.28. The summed E-state index contributed by atoms with van der Waals surface area (Å²) in [7, 11) is -3.84. The van der Waals surface area contributed by atoms with Gasteiger partial charge in [0.1, 0.15) is 0 Å². The van der Waals surface area contributed by atoms with Crippen LogP contribution in [0.25, 0.3) is 10.9 Å². The zero-order valence-corrected chi connectivity index (χ0v) is 25.4. The van der Waals surface area contributed by atoms with Gasteiger partial charge < -0.3 is 32.3 Å². The number of rotatable bonds is 8. The maximum Gasteiger partial charge on any atom is 0.261 e. The fraction of sp³-hybridized carbons (Fsp3) is 0.370. The molecule has 17 heteroatoms. The van der Waals surface area contributed by atoms with E-state index < -0.39 is 10.0 Å². The molecule has 0 unspecified atom stereocenters. The summed E-state index contributed by atoms with van der Waals surface area (Å²) in [6.07, 6.45) is 3.60. The highest BCUT2D eigenvalue weighted by Crippen LogP contribution is 2.27. The first kappa shape index (κ1) is 31.2. The molecule has 2 fully saturated rings. The van der Waals surface area contributed by atoms with Crippen LogP contribution >= 0.6 is 12.4 Å². The summed E-state index contributed by atoms with van der Waals surface area (Å²) in [6, 6.07) is 11.2. The Morgan fingerprint density at radius 2 is 1.55 bits per heavy atom. The van der Waals surface area contributed by atoms with E-state index in [0.717, 1.165) is 10.9 Å². The number of carbonyl (C=O) groups excluding carboxylic acids is 1. The number of benzene rings is 2. The minimum Gasteiger partial charge on any atom is -0.369 e. The molecule has 2 saturated heterocycles. The van der Waals surface area contributed by atoms with E-state index in [1.165, 1.54) is 12.1 Å². The maximum atomic E-state index is 13.1. The topological polar surface area (TPSA) is 227 Å². The second-order valence-electron chi connectivity index (χ2n) is 11.0. The Morgan fingerprint density at radius 3 is 2.20 bits per heavy atom. The highest BCUT2D eigenvalue weighted by molar-refractivity contribution is 7.92. The van der Waals surface area contributed by atoms with E-state index in [1.54, 1.807) is 36.5 Å². The lowest BCUT2D eigenvalue weighted by atomic mass is 9.96. The SMILES string of the molecule is Cl.NC(=O)C1CCN(c2nc(Nc3ccc(S(=O)(=O)Nc4ccc5cn[nH]c5c4)cc3)nc(N3C[C@H](N)C[C@H](N)C3)n2)CC1. The number of sulfonamides is 1. The molecule has 4 heterocycles. The molecule has 2 atom stereocenters. The first-order valence-electron chi connectivity index (χ1n) is 14.0. The number of amides is 1. The summed E-state index contributed by atoms with van der Waals surface area (Å²) in [5, 5.41) is 10.9. The minimum atomic E-state index is -3.84. The van der Waals surface area contributed by atoms with Crippen molar-refractivity contribution >= 4 is 68.5 Å². The van der Waals surface area contributed by atoms with Gasteiger partial charge in [0.15, 0.2) is 0 Å². The van der Waals surface area contributed by atoms with Crippen LogP contribution in [0.2, 0.25) is 0 Å². The summed E-state index contributed by atoms with van der Waals surface area (Å²) < 4.78 is 28.7. The van der Waals surface area contributed by atoms with Gasteiger partial charge >= 0.3 is 0 Å². The molecule has 2 aliphatic rings. The zero-order chi connectivity index (χ0) is 30.1. The Morgan fingerprint density at radius 1 is 0.909 bits per heavy atom. The fourth-order valence-electron chi connectivity index (χ4n) is 5.46. The van der Waals surface area contributed by atoms with Crippen LogP contribution in [0.1, 0.15) is 19.3 Å². The van der Waals surface area contributed by atoms with Crippen molar-refractivity contribution in [1.82, 2.24) is 25.1 Å². The number of piperidine rings is 2. The first-order chi connectivity index (χ1) is 20.6. The average molecular weight is 643 g/mol. The van der Waals surface area contributed by atoms with Crippen molar-refractivity contribution in [3.8, 4) is 0 Å². The number of primary amides is 1. The number of aromatic nitrogens is 5. The molecule has 2 aromatic heterocycles. The van der Waals surface area contributed by atoms with Crippen LogP contribution in [0, 0.1) is 5.92 Å². The third-order valence-electron chi connectivity index (χ3n) is 7.71. The summed E-state index contributed by atoms with van der Waals surface area (Å²) in [6.45, 7) is 2.24. The number of H-pyrrole nitrogens is 1. The zero-order valence-electron chi connectivity index (χ0n) is 23.8. The molecular formula is C27H35ClN12O3S. The van der Waals surface area contributed by atoms with Crippen LogP contribution in [-0.2, 0) is 14.8 Å². The number of nitrogens with zero attached hydrogens (tertiary/aromatic N) is 6. The smallest absolute Gasteiger partial charge is 0.261 e. The number of halogens is 1. The van der Waals surface area contributed by atoms with Crippen molar-refractivity contribution < 1.29 is 13.2 Å². The van der Waals surface area contributed by atoms with E-state index in [2.05, 4.69) is 30.2 Å². The van der Waals surface area contributed by atoms with Crippen molar-refractivity contribution in [2.75, 3.05) is 46.0 Å². The molecule has 1 amide bonds. The molecule has 0 bridgehead atoms. The van der Waals surface area contributed by atoms with Crippen LogP contribution < -0.4 is 37.0 Å². The van der Waals surface area contributed by atoms with Gasteiger partial charge in [-0.3, -0.25) is 14.6 Å². The standard InChI is InChI=1S/C27H34N12O3S.ClH/c28-18-11-19(29)15-39(14-18)27-34-25(33-26(35-27)38-9-7-16(8-10-38)24(30)40)32-20-3-5-22(6-4-20)43(41,42)37-21-2-1-17-13-31-36-23(17)12-21;/h1-6,12-13,16,18-19,37H,7-11,14-15,28-29H2,(H2,30,40)(H,31,36)(H,32,33,34,35);1H/t18-,19+;. The number of fused-ring (bicyclic) bond motifs is 1. The molecule has 0 saturated carbocycles. The second kappa shape index (κ2) is 12.8. The molecule has 0 spiro atoms. The van der Waals surface area contributed by atoms with Gasteiger partial charge in [0.05, 0.1) is 22.3 Å². The summed E-state index contributed by atoms with van der Waals surface area (Å²) in [5.41, 5.74) is 19.7. The fourth-order valence-corrected chi connectivity index (χ4v) is 6.51. The summed E-state index contributed by atoms with van der Waals surface area (Å²) in [5.74, 6) is 0.708. The highest BCUT2D eigenvalue weighted by Gasteiger charge is 2.28. The third-order valence-corrected chi connectivity index (χ3v) is 9.10. The number of hydrogen-bond donors (Lipinski definition) is 6. The van der Waals surface area contributed by atoms with Gasteiger partial charge in [-0.15, -0.1) is 12.4 Å². The van der Waals surface area contributed by atoms with E-state index in [9.17, 15) is 13.2 Å². The van der Waals surface area contributed by atoms with Crippen LogP contribution in [0.5, 0.6) is 0 Å². The lowest BCUT2D eigenvalue weighted by Gasteiger charge is -2.35. The lowest BCUT2D eigenvalue weighted by Crippen LogP contribution is -2.53. The van der Waals surface area contributed by atoms with Crippen LogP contribution in [0.4, 0.5) is 29.2 Å². The van der Waals surface area contributed by atoms with E-state index >= 15 is 0 Å². The van der Waals surface area contributed by atoms with Crippen molar-refractivity contribution in [3.63, 3.8) is 0 Å². The second-order valence-corrected chi connectivity index (χ2v) is 12.7. The van der Waals surface area contributed by atoms with Crippen molar-refractivity contribution in [2.45, 2.75) is 36.2 Å². The van der Waals surface area contributed by atoms with Gasteiger partial charge in [0, 0.05) is 55.3 Å². The molecule has 0 aliphatic carbocycles. The monoisotopic (exact) mass is 642 g/mol. The Kier molecular flexibility index (Phi) is 9.05. The average Bonchev–Trinajstić information content (AvgIpc) is 3.45. The van der Waals surface area contributed by atoms with Crippen LogP contribution in [0.15, 0.2) is 53.6 Å². The Hall–Kier alpha value is -4.25. The summed E-state index contributed by atoms with van der Waals surface area (Å²) >= 11 is 0. The molecule has 4 aromatic rings.